The Labute approximate surface area is 287 Å². The number of hydrogen-bond donors (Lipinski definition) is 6. The number of anilines is 3. The van der Waals surface area contributed by atoms with Crippen LogP contribution in [0.15, 0.2) is 55.0 Å². The minimum absolute atomic E-state index is 0.0263. The van der Waals surface area contributed by atoms with E-state index >= 15 is 0 Å². The SMILES string of the molecule is CC(C)NC(=O)Nc1ccnc(Cl)c1.O=C(NCC(F)(F)C(F)(F)F)Nc1ccnc(Cl)c1.O=C(NCC(F)(F)F)Nc1ccnc(Cl)c1. The summed E-state index contributed by atoms with van der Waals surface area (Å²) in [5, 5.41) is 13.1. The number of urea groups is 3. The van der Waals surface area contributed by atoms with Crippen LogP contribution in [0.4, 0.5) is 66.6 Å². The lowest BCUT2D eigenvalue weighted by atomic mass is 10.3. The Hall–Kier alpha value is -4.43. The number of rotatable bonds is 7. The van der Waals surface area contributed by atoms with Gasteiger partial charge in [-0.05, 0) is 50.2 Å². The van der Waals surface area contributed by atoms with Crippen LogP contribution in [0.25, 0.3) is 0 Å². The summed E-state index contributed by atoms with van der Waals surface area (Å²) in [7, 11) is 0. The first-order valence-electron chi connectivity index (χ1n) is 13.1. The first-order valence-corrected chi connectivity index (χ1v) is 14.2. The van der Waals surface area contributed by atoms with Gasteiger partial charge in [0.25, 0.3) is 0 Å². The van der Waals surface area contributed by atoms with E-state index in [1.807, 2.05) is 19.2 Å². The maximum Gasteiger partial charge on any atom is 0.455 e. The molecule has 0 aromatic carbocycles. The minimum atomic E-state index is -5.72. The smallest absolute Gasteiger partial charge is 0.336 e. The lowest BCUT2D eigenvalue weighted by molar-refractivity contribution is -0.278. The molecule has 6 amide bonds. The lowest BCUT2D eigenvalue weighted by Crippen LogP contribution is -2.47. The molecule has 0 aliphatic carbocycles. The van der Waals surface area contributed by atoms with Crippen LogP contribution in [0.1, 0.15) is 13.8 Å². The summed E-state index contributed by atoms with van der Waals surface area (Å²) in [6.45, 7) is 0.525. The number of nitrogens with zero attached hydrogens (tertiary/aromatic N) is 3. The van der Waals surface area contributed by atoms with Gasteiger partial charge in [-0.25, -0.2) is 29.3 Å². The molecule has 0 aliphatic rings. The van der Waals surface area contributed by atoms with E-state index in [1.54, 1.807) is 17.4 Å². The van der Waals surface area contributed by atoms with Crippen molar-refractivity contribution in [2.45, 2.75) is 38.2 Å². The molecule has 0 fully saturated rings. The predicted octanol–water partition coefficient (Wildman–Crippen LogP) is 7.74. The van der Waals surface area contributed by atoms with Gasteiger partial charge in [0.1, 0.15) is 22.0 Å². The van der Waals surface area contributed by atoms with Crippen LogP contribution in [-0.2, 0) is 0 Å². The zero-order valence-electron chi connectivity index (χ0n) is 24.9. The van der Waals surface area contributed by atoms with Crippen molar-refractivity contribution in [3.05, 3.63) is 70.4 Å². The molecule has 0 spiro atoms. The Kier molecular flexibility index (Phi) is 17.0. The largest absolute Gasteiger partial charge is 0.455 e. The van der Waals surface area contributed by atoms with E-state index in [1.165, 1.54) is 48.2 Å². The van der Waals surface area contributed by atoms with Crippen molar-refractivity contribution >= 4 is 70.0 Å². The van der Waals surface area contributed by atoms with Crippen LogP contribution >= 0.6 is 34.8 Å². The summed E-state index contributed by atoms with van der Waals surface area (Å²) in [5.74, 6) is -5.00. The van der Waals surface area contributed by atoms with Gasteiger partial charge < -0.3 is 31.9 Å². The van der Waals surface area contributed by atoms with E-state index in [0.717, 1.165) is 0 Å². The summed E-state index contributed by atoms with van der Waals surface area (Å²) in [6.07, 6.45) is -6.08. The van der Waals surface area contributed by atoms with Crippen LogP contribution in [0.3, 0.4) is 0 Å². The average Bonchev–Trinajstić information content (AvgIpc) is 2.94. The molecule has 270 valence electrons. The van der Waals surface area contributed by atoms with Crippen molar-refractivity contribution in [1.29, 1.82) is 0 Å². The number of aromatic nitrogens is 3. The molecule has 49 heavy (non-hydrogen) atoms. The van der Waals surface area contributed by atoms with Gasteiger partial charge in [0.05, 0.1) is 6.54 Å². The highest BCUT2D eigenvalue weighted by molar-refractivity contribution is 6.30. The molecule has 0 atom stereocenters. The standard InChI is InChI=1S/C9H7ClF5N3O.C9H12ClN3O.C8H7ClF3N3O/c10-6-3-5(1-2-16-6)18-7(19)17-4-8(11,12)9(13,14)15;1-6(2)12-9(14)13-7-3-4-11-8(10)5-7;9-6-3-5(1-2-13-6)15-7(16)14-4-8(10,11)12/h1-3H,4H2,(H2,16,17,18,19);3-6H,1-2H3,(H2,11,12,13,14);1-3H,4H2,(H2,13,14,15,16). The van der Waals surface area contributed by atoms with Crippen LogP contribution < -0.4 is 31.9 Å². The number of nitrogens with one attached hydrogen (secondary N) is 6. The van der Waals surface area contributed by atoms with E-state index in [4.69, 9.17) is 34.8 Å². The Morgan fingerprint density at radius 2 is 0.980 bits per heavy atom. The van der Waals surface area contributed by atoms with Crippen LogP contribution in [-0.4, -0.2) is 70.5 Å². The van der Waals surface area contributed by atoms with Crippen LogP contribution in [0.5, 0.6) is 0 Å². The number of carbonyl (C=O) groups excluding carboxylic acids is 3. The zero-order chi connectivity index (χ0) is 37.4. The third-order valence-corrected chi connectivity index (χ3v) is 5.33. The minimum Gasteiger partial charge on any atom is -0.336 e. The fraction of sp³-hybridized carbons (Fsp3) is 0.308. The highest BCUT2D eigenvalue weighted by atomic mass is 35.5. The van der Waals surface area contributed by atoms with Gasteiger partial charge >= 0.3 is 36.4 Å². The van der Waals surface area contributed by atoms with Crippen molar-refractivity contribution in [2.24, 2.45) is 0 Å². The maximum absolute atomic E-state index is 12.5. The van der Waals surface area contributed by atoms with E-state index in [9.17, 15) is 49.5 Å². The molecule has 0 radical (unpaired) electrons. The summed E-state index contributed by atoms with van der Waals surface area (Å²) >= 11 is 16.7. The Bertz CT molecular complexity index is 1530. The number of amides is 6. The fourth-order valence-electron chi connectivity index (χ4n) is 2.69. The highest BCUT2D eigenvalue weighted by Gasteiger charge is 2.57. The van der Waals surface area contributed by atoms with Crippen LogP contribution in [0, 0.1) is 0 Å². The molecule has 23 heteroatoms. The van der Waals surface area contributed by atoms with E-state index in [0.29, 0.717) is 10.8 Å². The van der Waals surface area contributed by atoms with Gasteiger partial charge in [0.2, 0.25) is 0 Å². The summed E-state index contributed by atoms with van der Waals surface area (Å²) in [5.41, 5.74) is 0.996. The molecule has 3 heterocycles. The molecule has 3 rings (SSSR count). The van der Waals surface area contributed by atoms with Gasteiger partial charge in [-0.1, -0.05) is 34.8 Å². The van der Waals surface area contributed by atoms with Crippen LogP contribution in [0.2, 0.25) is 15.5 Å². The molecule has 6 N–H and O–H groups in total. The van der Waals surface area contributed by atoms with Gasteiger partial charge in [-0.3, -0.25) is 0 Å². The molecule has 12 nitrogen and oxygen atoms in total. The normalized spacial score (nSPS) is 11.1. The van der Waals surface area contributed by atoms with Crippen molar-refractivity contribution in [3.63, 3.8) is 0 Å². The third-order valence-electron chi connectivity index (χ3n) is 4.71. The average molecular weight is 771 g/mol. The first-order chi connectivity index (χ1) is 22.6. The monoisotopic (exact) mass is 769 g/mol. The molecule has 0 aliphatic heterocycles. The molecule has 0 bridgehead atoms. The van der Waals surface area contributed by atoms with E-state index < -0.39 is 43.4 Å². The predicted molar refractivity (Wildman–Crippen MR) is 166 cm³/mol. The summed E-state index contributed by atoms with van der Waals surface area (Å²) in [6, 6.07) is 6.14. The fourth-order valence-corrected chi connectivity index (χ4v) is 3.21. The second-order valence-electron chi connectivity index (χ2n) is 9.29. The molecule has 3 aromatic heterocycles. The molecule has 0 saturated carbocycles. The van der Waals surface area contributed by atoms with Gasteiger partial charge in [-0.15, -0.1) is 0 Å². The zero-order valence-corrected chi connectivity index (χ0v) is 27.2. The Morgan fingerprint density at radius 3 is 1.29 bits per heavy atom. The lowest BCUT2D eigenvalue weighted by Gasteiger charge is -2.19. The number of halogens is 11. The number of alkyl halides is 8. The number of hydrogen-bond acceptors (Lipinski definition) is 6. The van der Waals surface area contributed by atoms with E-state index in [-0.39, 0.29) is 33.8 Å². The molecular formula is C26H26Cl3F8N9O3. The maximum atomic E-state index is 12.5. The van der Waals surface area contributed by atoms with Crippen molar-refractivity contribution < 1.29 is 49.5 Å². The second kappa shape index (κ2) is 19.5. The van der Waals surface area contributed by atoms with Gasteiger partial charge in [0.15, 0.2) is 0 Å². The Balaban J connectivity index is 0.000000372. The molecular weight excluding hydrogens is 745 g/mol. The third kappa shape index (κ3) is 19.2. The first kappa shape index (κ1) is 42.6. The quantitative estimate of drug-likeness (QED) is 0.106. The number of pyridine rings is 3. The van der Waals surface area contributed by atoms with Crippen molar-refractivity contribution in [2.75, 3.05) is 29.0 Å². The second-order valence-corrected chi connectivity index (χ2v) is 10.4. The van der Waals surface area contributed by atoms with Gasteiger partial charge in [-0.2, -0.15) is 35.1 Å². The summed E-state index contributed by atoms with van der Waals surface area (Å²) < 4.78 is 95.7. The number of carbonyl (C=O) groups is 3. The van der Waals surface area contributed by atoms with E-state index in [2.05, 4.69) is 30.9 Å². The molecule has 0 unspecified atom stereocenters. The van der Waals surface area contributed by atoms with Crippen molar-refractivity contribution in [1.82, 2.24) is 30.9 Å². The highest BCUT2D eigenvalue weighted by Crippen LogP contribution is 2.34. The topological polar surface area (TPSA) is 162 Å². The Morgan fingerprint density at radius 1 is 0.633 bits per heavy atom. The molecule has 3 aromatic rings. The summed E-state index contributed by atoms with van der Waals surface area (Å²) in [4.78, 5) is 44.4. The van der Waals surface area contributed by atoms with Crippen molar-refractivity contribution in [3.8, 4) is 0 Å². The van der Waals surface area contributed by atoms with Gasteiger partial charge in [0, 0.05) is 41.7 Å². The molecule has 0 saturated heterocycles.